The van der Waals surface area contributed by atoms with Crippen molar-refractivity contribution in [2.75, 3.05) is 19.0 Å². The average molecular weight is 670 g/mol. The van der Waals surface area contributed by atoms with Crippen LogP contribution >= 0.6 is 23.4 Å². The first kappa shape index (κ1) is 35.2. The van der Waals surface area contributed by atoms with E-state index in [2.05, 4.69) is 15.3 Å². The summed E-state index contributed by atoms with van der Waals surface area (Å²) in [6, 6.07) is -2.16. The minimum atomic E-state index is -5.36. The van der Waals surface area contributed by atoms with E-state index in [1.807, 2.05) is 0 Å². The number of benzene rings is 1. The summed E-state index contributed by atoms with van der Waals surface area (Å²) in [5, 5.41) is 22.7. The van der Waals surface area contributed by atoms with Crippen LogP contribution in [-0.4, -0.2) is 69.2 Å². The molecule has 4 N–H and O–H groups in total. The highest BCUT2D eigenvalue weighted by Gasteiger charge is 2.69. The van der Waals surface area contributed by atoms with Crippen LogP contribution in [0.2, 0.25) is 5.02 Å². The molecule has 0 amide bonds. The third-order valence-corrected chi connectivity index (χ3v) is 9.39. The first-order chi connectivity index (χ1) is 20.4. The van der Waals surface area contributed by atoms with Crippen LogP contribution < -0.4 is 10.9 Å². The summed E-state index contributed by atoms with van der Waals surface area (Å²) in [7, 11) is 0. The lowest BCUT2D eigenvalue weighted by Gasteiger charge is -2.58. The minimum Gasteiger partial charge on any atom is -0.481 e. The monoisotopic (exact) mass is 669 g/mol. The van der Waals surface area contributed by atoms with E-state index in [9.17, 15) is 47.0 Å². The van der Waals surface area contributed by atoms with Crippen molar-refractivity contribution in [3.05, 3.63) is 56.2 Å². The number of aromatic amines is 1. The topological polar surface area (TPSA) is 159 Å². The molecule has 2 heterocycles. The number of nitrogens with zero attached hydrogens (tertiary/aromatic N) is 1. The zero-order chi connectivity index (χ0) is 33.4. The number of carbonyl (C=O) groups excluding carboxylic acids is 1. The molecule has 0 bridgehead atoms. The molecular formula is C27H29ClF5N3O7S. The van der Waals surface area contributed by atoms with Crippen molar-refractivity contribution in [2.45, 2.75) is 57.0 Å². The third-order valence-electron chi connectivity index (χ3n) is 8.09. The number of alkyl halides is 4. The van der Waals surface area contributed by atoms with E-state index in [1.165, 1.54) is 20.8 Å². The second-order valence-electron chi connectivity index (χ2n) is 10.6. The Hall–Kier alpha value is -3.24. The molecule has 1 saturated heterocycles. The number of carboxylic acid groups (broad SMARTS) is 2. The highest BCUT2D eigenvalue weighted by atomic mass is 35.5. The summed E-state index contributed by atoms with van der Waals surface area (Å²) in [4.78, 5) is 56.8. The van der Waals surface area contributed by atoms with Crippen LogP contribution in [0, 0.1) is 22.6 Å². The fourth-order valence-electron chi connectivity index (χ4n) is 6.02. The number of piperidine rings is 1. The van der Waals surface area contributed by atoms with E-state index in [0.29, 0.717) is 23.9 Å². The Kier molecular flexibility index (Phi) is 10.4. The van der Waals surface area contributed by atoms with Crippen LogP contribution in [0.15, 0.2) is 28.3 Å². The minimum absolute atomic E-state index is 0.0238. The number of hydrogen-bond acceptors (Lipinski definition) is 8. The Labute approximate surface area is 256 Å². The molecule has 17 heteroatoms. The normalized spacial score (nSPS) is 25.6. The Morgan fingerprint density at radius 3 is 2.30 bits per heavy atom. The lowest BCUT2D eigenvalue weighted by molar-refractivity contribution is -0.178. The number of aromatic nitrogens is 2. The quantitative estimate of drug-likeness (QED) is 0.120. The number of halogens is 6. The van der Waals surface area contributed by atoms with Crippen LogP contribution in [0.25, 0.3) is 0 Å². The summed E-state index contributed by atoms with van der Waals surface area (Å²) in [5.74, 6) is -10.1. The second-order valence-corrected chi connectivity index (χ2v) is 12.0. The van der Waals surface area contributed by atoms with Crippen LogP contribution in [0.1, 0.15) is 55.1 Å². The van der Waals surface area contributed by atoms with Gasteiger partial charge in [-0.3, -0.25) is 14.4 Å². The fourth-order valence-corrected chi connectivity index (χ4v) is 7.28. The number of H-pyrrole nitrogens is 1. The summed E-state index contributed by atoms with van der Waals surface area (Å²) in [5.41, 5.74) is -9.61. The number of rotatable bonds is 10. The summed E-state index contributed by atoms with van der Waals surface area (Å²) < 4.78 is 78.5. The highest BCUT2D eigenvalue weighted by Crippen LogP contribution is 2.61. The van der Waals surface area contributed by atoms with Crippen molar-refractivity contribution in [3.63, 3.8) is 0 Å². The predicted molar refractivity (Wildman–Crippen MR) is 148 cm³/mol. The molecule has 3 rings (SSSR count). The Morgan fingerprint density at radius 1 is 1.18 bits per heavy atom. The molecule has 44 heavy (non-hydrogen) atoms. The van der Waals surface area contributed by atoms with Crippen LogP contribution in [0.3, 0.4) is 0 Å². The van der Waals surface area contributed by atoms with E-state index in [-0.39, 0.29) is 11.8 Å². The molecule has 0 aliphatic carbocycles. The van der Waals surface area contributed by atoms with E-state index in [0.717, 1.165) is 13.1 Å². The Morgan fingerprint density at radius 2 is 1.82 bits per heavy atom. The molecule has 0 radical (unpaired) electrons. The van der Waals surface area contributed by atoms with Gasteiger partial charge >= 0.3 is 24.1 Å². The molecule has 1 aliphatic rings. The lowest BCUT2D eigenvalue weighted by atomic mass is 9.48. The molecule has 1 aliphatic heterocycles. The van der Waals surface area contributed by atoms with Gasteiger partial charge in [0.25, 0.3) is 5.56 Å². The summed E-state index contributed by atoms with van der Waals surface area (Å²) >= 11 is 6.59. The number of carboxylic acids is 2. The van der Waals surface area contributed by atoms with Gasteiger partial charge in [-0.15, -0.1) is 0 Å². The molecule has 10 nitrogen and oxygen atoms in total. The van der Waals surface area contributed by atoms with Gasteiger partial charge in [0.2, 0.25) is 0 Å². The van der Waals surface area contributed by atoms with Gasteiger partial charge in [-0.25, -0.2) is 18.6 Å². The van der Waals surface area contributed by atoms with E-state index in [1.54, 1.807) is 0 Å². The van der Waals surface area contributed by atoms with Crippen molar-refractivity contribution < 1.29 is 51.3 Å². The van der Waals surface area contributed by atoms with Gasteiger partial charge < -0.3 is 25.3 Å². The zero-order valence-electron chi connectivity index (χ0n) is 23.7. The SMILES string of the molecule is CCOC(=O)c1cnc(SCC2NC(CF)C(C)(C(=O)O)C(c3c(F)ccc(Cl)c3C(F)(F)F)C2(C(=O)O)C(C)C)[nH]c1=O. The molecule has 5 unspecified atom stereocenters. The fraction of sp³-hybridized carbons (Fsp3) is 0.519. The molecule has 2 aromatic rings. The number of thioether (sulfide) groups is 1. The molecule has 5 atom stereocenters. The van der Waals surface area contributed by atoms with E-state index in [4.69, 9.17) is 16.3 Å². The highest BCUT2D eigenvalue weighted by molar-refractivity contribution is 7.99. The van der Waals surface area contributed by atoms with Crippen molar-refractivity contribution in [1.82, 2.24) is 15.3 Å². The number of nitrogens with one attached hydrogen (secondary N) is 2. The Bertz CT molecular complexity index is 1510. The van der Waals surface area contributed by atoms with E-state index < -0.39 is 104 Å². The molecule has 1 aromatic heterocycles. The van der Waals surface area contributed by atoms with Crippen molar-refractivity contribution in [3.8, 4) is 0 Å². The Balaban J connectivity index is 2.32. The molecule has 242 valence electrons. The van der Waals surface area contributed by atoms with Crippen LogP contribution in [0.4, 0.5) is 22.0 Å². The maximum atomic E-state index is 15.7. The molecule has 1 fully saturated rings. The van der Waals surface area contributed by atoms with E-state index >= 15 is 4.39 Å². The summed E-state index contributed by atoms with van der Waals surface area (Å²) in [6.07, 6.45) is -4.45. The maximum Gasteiger partial charge on any atom is 0.418 e. The summed E-state index contributed by atoms with van der Waals surface area (Å²) in [6.45, 7) is 3.50. The van der Waals surface area contributed by atoms with Crippen LogP contribution in [-0.2, 0) is 20.5 Å². The first-order valence-corrected chi connectivity index (χ1v) is 14.5. The van der Waals surface area contributed by atoms with Gasteiger partial charge in [-0.2, -0.15) is 13.2 Å². The van der Waals surface area contributed by atoms with Gasteiger partial charge in [0, 0.05) is 29.5 Å². The molecule has 1 aromatic carbocycles. The van der Waals surface area contributed by atoms with Gasteiger partial charge in [-0.05, 0) is 31.9 Å². The van der Waals surface area contributed by atoms with Gasteiger partial charge in [0.05, 0.1) is 34.1 Å². The number of aliphatic carboxylic acids is 2. The average Bonchev–Trinajstić information content (AvgIpc) is 2.92. The molecule has 0 saturated carbocycles. The first-order valence-electron chi connectivity index (χ1n) is 13.1. The lowest BCUT2D eigenvalue weighted by Crippen LogP contribution is -2.73. The number of esters is 1. The number of carbonyl (C=O) groups is 3. The van der Waals surface area contributed by atoms with Gasteiger partial charge in [0.1, 0.15) is 18.1 Å². The zero-order valence-corrected chi connectivity index (χ0v) is 25.3. The smallest absolute Gasteiger partial charge is 0.418 e. The number of ether oxygens (including phenoxy) is 1. The predicted octanol–water partition coefficient (Wildman–Crippen LogP) is 4.76. The van der Waals surface area contributed by atoms with Crippen LogP contribution in [0.5, 0.6) is 0 Å². The van der Waals surface area contributed by atoms with Gasteiger partial charge in [0.15, 0.2) is 5.16 Å². The molecular weight excluding hydrogens is 641 g/mol. The standard InChI is InChI=1S/C27H29ClF5N3O7S/c1-5-43-21(38)12-9-34-24(36-20(12)37)44-10-16-26(11(2)3,23(41)42)19(25(4,22(39)40)15(8-29)35-16)17-14(30)7-6-13(28)18(17)27(31,32)33/h6-7,9,11,15-16,19,35H,5,8,10H2,1-4H3,(H,39,40)(H,41,42)(H,34,36,37). The maximum absolute atomic E-state index is 15.7. The third kappa shape index (κ3) is 5.90. The number of hydrogen-bond donors (Lipinski definition) is 4. The van der Waals surface area contributed by atoms with Crippen molar-refractivity contribution >= 4 is 41.3 Å². The largest absolute Gasteiger partial charge is 0.481 e. The van der Waals surface area contributed by atoms with Gasteiger partial charge in [-0.1, -0.05) is 37.2 Å². The van der Waals surface area contributed by atoms with Crippen molar-refractivity contribution in [1.29, 1.82) is 0 Å². The second kappa shape index (κ2) is 13.0. The molecule has 0 spiro atoms. The van der Waals surface area contributed by atoms with Crippen molar-refractivity contribution in [2.24, 2.45) is 16.7 Å².